The second-order valence-electron chi connectivity index (χ2n) is 5.03. The van der Waals surface area contributed by atoms with Gasteiger partial charge in [-0.1, -0.05) is 26.7 Å². The Labute approximate surface area is 109 Å². The standard InChI is InChI=1S/C14H23N3O/c1-3-10(4-2)13(18)8-15-14-11-6-5-7-12(11)16-9-17-14/h9-10,13,18H,3-8H2,1-2H3,(H,15,16,17). The number of nitrogens with zero attached hydrogens (tertiary/aromatic N) is 2. The van der Waals surface area contributed by atoms with Gasteiger partial charge in [0.25, 0.3) is 0 Å². The van der Waals surface area contributed by atoms with E-state index in [1.165, 1.54) is 11.3 Å². The van der Waals surface area contributed by atoms with Crippen LogP contribution in [-0.2, 0) is 12.8 Å². The highest BCUT2D eigenvalue weighted by atomic mass is 16.3. The van der Waals surface area contributed by atoms with Crippen molar-refractivity contribution in [3.63, 3.8) is 0 Å². The number of hydrogen-bond acceptors (Lipinski definition) is 4. The van der Waals surface area contributed by atoms with E-state index in [4.69, 9.17) is 0 Å². The molecule has 100 valence electrons. The summed E-state index contributed by atoms with van der Waals surface area (Å²) < 4.78 is 0. The van der Waals surface area contributed by atoms with Gasteiger partial charge in [-0.3, -0.25) is 0 Å². The molecule has 1 aliphatic carbocycles. The highest BCUT2D eigenvalue weighted by Crippen LogP contribution is 2.25. The smallest absolute Gasteiger partial charge is 0.132 e. The fourth-order valence-corrected chi connectivity index (χ4v) is 2.71. The molecule has 0 amide bonds. The zero-order valence-electron chi connectivity index (χ0n) is 11.3. The summed E-state index contributed by atoms with van der Waals surface area (Å²) in [5, 5.41) is 13.4. The van der Waals surface area contributed by atoms with Crippen molar-refractivity contribution >= 4 is 5.82 Å². The summed E-state index contributed by atoms with van der Waals surface area (Å²) in [5.41, 5.74) is 2.42. The molecule has 4 heteroatoms. The van der Waals surface area contributed by atoms with E-state index in [2.05, 4.69) is 29.1 Å². The van der Waals surface area contributed by atoms with Crippen LogP contribution in [0.3, 0.4) is 0 Å². The monoisotopic (exact) mass is 249 g/mol. The van der Waals surface area contributed by atoms with Crippen molar-refractivity contribution in [1.29, 1.82) is 0 Å². The average molecular weight is 249 g/mol. The Bertz CT molecular complexity index is 391. The fraction of sp³-hybridized carbons (Fsp3) is 0.714. The lowest BCUT2D eigenvalue weighted by Crippen LogP contribution is -2.28. The predicted molar refractivity (Wildman–Crippen MR) is 72.6 cm³/mol. The first-order valence-corrected chi connectivity index (χ1v) is 7.00. The van der Waals surface area contributed by atoms with Gasteiger partial charge < -0.3 is 10.4 Å². The molecular formula is C14H23N3O. The predicted octanol–water partition coefficient (Wildman–Crippen LogP) is 2.17. The van der Waals surface area contributed by atoms with E-state index in [1.54, 1.807) is 6.33 Å². The van der Waals surface area contributed by atoms with Crippen molar-refractivity contribution in [2.75, 3.05) is 11.9 Å². The minimum absolute atomic E-state index is 0.299. The third-order valence-corrected chi connectivity index (χ3v) is 3.95. The molecule has 0 saturated carbocycles. The van der Waals surface area contributed by atoms with E-state index in [9.17, 15) is 5.11 Å². The van der Waals surface area contributed by atoms with Crippen molar-refractivity contribution in [1.82, 2.24) is 9.97 Å². The molecule has 1 aromatic heterocycles. The molecule has 0 saturated heterocycles. The number of aromatic nitrogens is 2. The molecule has 0 aromatic carbocycles. The molecule has 1 heterocycles. The molecular weight excluding hydrogens is 226 g/mol. The van der Waals surface area contributed by atoms with Crippen LogP contribution in [0.1, 0.15) is 44.4 Å². The molecule has 2 rings (SSSR count). The van der Waals surface area contributed by atoms with Gasteiger partial charge in [0.05, 0.1) is 6.10 Å². The molecule has 1 atom stereocenters. The van der Waals surface area contributed by atoms with Gasteiger partial charge >= 0.3 is 0 Å². The highest BCUT2D eigenvalue weighted by Gasteiger charge is 2.19. The molecule has 0 aliphatic heterocycles. The third kappa shape index (κ3) is 2.80. The van der Waals surface area contributed by atoms with Gasteiger partial charge in [-0.2, -0.15) is 0 Å². The molecule has 0 fully saturated rings. The van der Waals surface area contributed by atoms with Gasteiger partial charge in [0, 0.05) is 17.8 Å². The molecule has 1 aromatic rings. The third-order valence-electron chi connectivity index (χ3n) is 3.95. The summed E-state index contributed by atoms with van der Waals surface area (Å²) in [6.07, 6.45) is 6.63. The highest BCUT2D eigenvalue weighted by molar-refractivity contribution is 5.47. The van der Waals surface area contributed by atoms with Crippen LogP contribution in [0.5, 0.6) is 0 Å². The van der Waals surface area contributed by atoms with E-state index in [0.717, 1.165) is 37.9 Å². The normalized spacial score (nSPS) is 15.8. The molecule has 0 bridgehead atoms. The van der Waals surface area contributed by atoms with Crippen molar-refractivity contribution in [2.24, 2.45) is 5.92 Å². The number of fused-ring (bicyclic) bond motifs is 1. The van der Waals surface area contributed by atoms with Crippen LogP contribution in [0.4, 0.5) is 5.82 Å². The maximum absolute atomic E-state index is 10.1. The Kier molecular flexibility index (Phi) is 4.53. The van der Waals surface area contributed by atoms with Gasteiger partial charge in [0.2, 0.25) is 0 Å². The number of hydrogen-bond donors (Lipinski definition) is 2. The van der Waals surface area contributed by atoms with Gasteiger partial charge in [0.15, 0.2) is 0 Å². The van der Waals surface area contributed by atoms with Crippen molar-refractivity contribution in [3.05, 3.63) is 17.6 Å². The van der Waals surface area contributed by atoms with E-state index in [-0.39, 0.29) is 6.10 Å². The Balaban J connectivity index is 1.96. The van der Waals surface area contributed by atoms with Crippen LogP contribution >= 0.6 is 0 Å². The summed E-state index contributed by atoms with van der Waals surface area (Å²) in [6.45, 7) is 4.83. The molecule has 2 N–H and O–H groups in total. The Hall–Kier alpha value is -1.16. The Morgan fingerprint density at radius 3 is 2.78 bits per heavy atom. The van der Waals surface area contributed by atoms with Crippen molar-refractivity contribution in [2.45, 2.75) is 52.1 Å². The molecule has 4 nitrogen and oxygen atoms in total. The van der Waals surface area contributed by atoms with Crippen LogP contribution in [0.2, 0.25) is 0 Å². The zero-order chi connectivity index (χ0) is 13.0. The largest absolute Gasteiger partial charge is 0.391 e. The quantitative estimate of drug-likeness (QED) is 0.811. The van der Waals surface area contributed by atoms with Gasteiger partial charge in [-0.25, -0.2) is 9.97 Å². The second kappa shape index (κ2) is 6.14. The summed E-state index contributed by atoms with van der Waals surface area (Å²) in [4.78, 5) is 8.60. The first-order valence-electron chi connectivity index (χ1n) is 7.00. The van der Waals surface area contributed by atoms with Crippen LogP contribution in [0.15, 0.2) is 6.33 Å². The number of aliphatic hydroxyl groups is 1. The number of anilines is 1. The Morgan fingerprint density at radius 1 is 1.28 bits per heavy atom. The summed E-state index contributed by atoms with van der Waals surface area (Å²) >= 11 is 0. The van der Waals surface area contributed by atoms with Crippen LogP contribution in [0.25, 0.3) is 0 Å². The lowest BCUT2D eigenvalue weighted by Gasteiger charge is -2.21. The SMILES string of the molecule is CCC(CC)C(O)CNc1ncnc2c1CCC2. The minimum Gasteiger partial charge on any atom is -0.391 e. The molecule has 18 heavy (non-hydrogen) atoms. The number of rotatable bonds is 6. The first kappa shape index (κ1) is 13.3. The number of nitrogens with one attached hydrogen (secondary N) is 1. The molecule has 0 spiro atoms. The van der Waals surface area contributed by atoms with Gasteiger partial charge in [-0.05, 0) is 25.2 Å². The molecule has 1 aliphatic rings. The molecule has 1 unspecified atom stereocenters. The second-order valence-corrected chi connectivity index (χ2v) is 5.03. The number of aliphatic hydroxyl groups excluding tert-OH is 1. The summed E-state index contributed by atoms with van der Waals surface area (Å²) in [7, 11) is 0. The van der Waals surface area contributed by atoms with Crippen LogP contribution < -0.4 is 5.32 Å². The fourth-order valence-electron chi connectivity index (χ4n) is 2.71. The van der Waals surface area contributed by atoms with Crippen molar-refractivity contribution < 1.29 is 5.11 Å². The average Bonchev–Trinajstić information content (AvgIpc) is 2.86. The lowest BCUT2D eigenvalue weighted by atomic mass is 9.96. The first-order chi connectivity index (χ1) is 8.76. The maximum Gasteiger partial charge on any atom is 0.132 e. The zero-order valence-corrected chi connectivity index (χ0v) is 11.3. The van der Waals surface area contributed by atoms with Crippen LogP contribution in [0, 0.1) is 5.92 Å². The van der Waals surface area contributed by atoms with E-state index in [1.807, 2.05) is 0 Å². The summed E-state index contributed by atoms with van der Waals surface area (Å²) in [5.74, 6) is 1.29. The van der Waals surface area contributed by atoms with Gasteiger partial charge in [-0.15, -0.1) is 0 Å². The maximum atomic E-state index is 10.1. The lowest BCUT2D eigenvalue weighted by molar-refractivity contribution is 0.114. The Morgan fingerprint density at radius 2 is 2.06 bits per heavy atom. The van der Waals surface area contributed by atoms with Crippen molar-refractivity contribution in [3.8, 4) is 0 Å². The number of aryl methyl sites for hydroxylation is 1. The van der Waals surface area contributed by atoms with E-state index >= 15 is 0 Å². The minimum atomic E-state index is -0.299. The topological polar surface area (TPSA) is 58.0 Å². The van der Waals surface area contributed by atoms with E-state index in [0.29, 0.717) is 12.5 Å². The van der Waals surface area contributed by atoms with E-state index < -0.39 is 0 Å². The molecule has 0 radical (unpaired) electrons. The summed E-state index contributed by atoms with van der Waals surface area (Å²) in [6, 6.07) is 0. The van der Waals surface area contributed by atoms with Gasteiger partial charge in [0.1, 0.15) is 12.1 Å². The van der Waals surface area contributed by atoms with Crippen LogP contribution in [-0.4, -0.2) is 27.7 Å².